The first-order valence-corrected chi connectivity index (χ1v) is 4.88. The topological polar surface area (TPSA) is 52.0 Å². The highest BCUT2D eigenvalue weighted by Crippen LogP contribution is 2.31. The first-order valence-electron chi connectivity index (χ1n) is 3.80. The maximum absolute atomic E-state index is 13.3. The van der Waals surface area contributed by atoms with Gasteiger partial charge in [0, 0.05) is 9.62 Å². The normalized spacial score (nSPS) is 35.9. The second-order valence-electron chi connectivity index (χ2n) is 2.96. The van der Waals surface area contributed by atoms with Crippen molar-refractivity contribution in [2.45, 2.75) is 24.9 Å². The Labute approximate surface area is 85.0 Å². The molecule has 0 heterocycles. The van der Waals surface area contributed by atoms with Gasteiger partial charge in [0.25, 0.3) is 0 Å². The molecule has 0 saturated heterocycles. The average Bonchev–Trinajstić information content (AvgIpc) is 2.00. The number of rotatable bonds is 1. The Balaban J connectivity index is 3.02. The molecule has 4 heteroatoms. The highest BCUT2D eigenvalue weighted by molar-refractivity contribution is 14.1. The minimum Gasteiger partial charge on any atom is -0.323 e. The van der Waals surface area contributed by atoms with Crippen LogP contribution in [0.15, 0.2) is 21.6 Å². The van der Waals surface area contributed by atoms with E-state index in [1.165, 1.54) is 6.08 Å². The molecule has 0 radical (unpaired) electrons. The van der Waals surface area contributed by atoms with Crippen molar-refractivity contribution in [2.75, 3.05) is 0 Å². The van der Waals surface area contributed by atoms with E-state index >= 15 is 0 Å². The van der Waals surface area contributed by atoms with E-state index in [0.717, 1.165) is 3.58 Å². The fourth-order valence-electron chi connectivity index (χ4n) is 1.19. The quantitative estimate of drug-likeness (QED) is 0.718. The molecule has 0 fully saturated rings. The first-order chi connectivity index (χ1) is 5.50. The van der Waals surface area contributed by atoms with Crippen LogP contribution in [0.4, 0.5) is 4.39 Å². The van der Waals surface area contributed by atoms with Crippen LogP contribution < -0.4 is 11.5 Å². The molecule has 1 rings (SSSR count). The van der Waals surface area contributed by atoms with E-state index in [-0.39, 0.29) is 5.83 Å². The highest BCUT2D eigenvalue weighted by atomic mass is 127. The van der Waals surface area contributed by atoms with E-state index < -0.39 is 11.6 Å². The van der Waals surface area contributed by atoms with Crippen LogP contribution in [0.25, 0.3) is 0 Å². The molecule has 0 spiro atoms. The van der Waals surface area contributed by atoms with E-state index in [9.17, 15) is 4.39 Å². The molecule has 68 valence electrons. The van der Waals surface area contributed by atoms with Gasteiger partial charge in [-0.15, -0.1) is 0 Å². The summed E-state index contributed by atoms with van der Waals surface area (Å²) in [5.41, 5.74) is 10.5. The van der Waals surface area contributed by atoms with E-state index in [2.05, 4.69) is 0 Å². The number of nitrogens with two attached hydrogens (primary N) is 2. The maximum Gasteiger partial charge on any atom is 0.123 e. The van der Waals surface area contributed by atoms with Crippen LogP contribution in [0, 0.1) is 0 Å². The van der Waals surface area contributed by atoms with Gasteiger partial charge in [0.05, 0.1) is 5.54 Å². The van der Waals surface area contributed by atoms with Gasteiger partial charge in [0.2, 0.25) is 0 Å². The lowest BCUT2D eigenvalue weighted by Gasteiger charge is -2.33. The zero-order valence-electron chi connectivity index (χ0n) is 6.85. The molecule has 2 atom stereocenters. The summed E-state index contributed by atoms with van der Waals surface area (Å²) >= 11 is 2.03. The fraction of sp³-hybridized carbons (Fsp3) is 0.500. The van der Waals surface area contributed by atoms with Crippen LogP contribution in [0.2, 0.25) is 0 Å². The minimum atomic E-state index is -0.991. The molecule has 0 aliphatic heterocycles. The molecule has 0 saturated carbocycles. The summed E-state index contributed by atoms with van der Waals surface area (Å²) < 4.78 is 14.2. The van der Waals surface area contributed by atoms with Crippen molar-refractivity contribution in [1.82, 2.24) is 0 Å². The molecule has 1 aliphatic rings. The van der Waals surface area contributed by atoms with Crippen molar-refractivity contribution in [3.63, 3.8) is 0 Å². The minimum absolute atomic E-state index is 0.315. The van der Waals surface area contributed by atoms with Gasteiger partial charge >= 0.3 is 0 Å². The second-order valence-corrected chi connectivity index (χ2v) is 4.21. The zero-order chi connectivity index (χ0) is 9.35. The number of hydrogen-bond acceptors (Lipinski definition) is 2. The van der Waals surface area contributed by atoms with Gasteiger partial charge in [0.15, 0.2) is 0 Å². The number of allylic oxidation sites excluding steroid dienone is 2. The van der Waals surface area contributed by atoms with Crippen LogP contribution in [0.3, 0.4) is 0 Å². The van der Waals surface area contributed by atoms with Gasteiger partial charge in [0.1, 0.15) is 5.83 Å². The number of halogens is 2. The summed E-state index contributed by atoms with van der Waals surface area (Å²) in [5, 5.41) is 0. The molecule has 4 N–H and O–H groups in total. The molecular formula is C8H12FIN2. The molecule has 2 nitrogen and oxygen atoms in total. The molecule has 0 amide bonds. The molecule has 0 aromatic rings. The lowest BCUT2D eigenvalue weighted by Crippen LogP contribution is -2.55. The first kappa shape index (κ1) is 10.1. The molecule has 0 bridgehead atoms. The van der Waals surface area contributed by atoms with Crippen molar-refractivity contribution >= 4 is 22.6 Å². The smallest absolute Gasteiger partial charge is 0.123 e. The summed E-state index contributed by atoms with van der Waals surface area (Å²) in [4.78, 5) is 0. The largest absolute Gasteiger partial charge is 0.323 e. The lowest BCUT2D eigenvalue weighted by molar-refractivity contribution is 0.349. The van der Waals surface area contributed by atoms with Gasteiger partial charge < -0.3 is 11.5 Å². The Hall–Kier alpha value is 0.0600. The third kappa shape index (κ3) is 1.55. The predicted octanol–water partition coefficient (Wildman–Crippen LogP) is 1.61. The van der Waals surface area contributed by atoms with Crippen LogP contribution in [-0.4, -0.2) is 11.6 Å². The van der Waals surface area contributed by atoms with Crippen molar-refractivity contribution in [2.24, 2.45) is 11.5 Å². The van der Waals surface area contributed by atoms with Crippen molar-refractivity contribution in [3.05, 3.63) is 21.6 Å². The van der Waals surface area contributed by atoms with Gasteiger partial charge in [-0.25, -0.2) is 4.39 Å². The number of hydrogen-bond donors (Lipinski definition) is 2. The Morgan fingerprint density at radius 3 is 2.75 bits per heavy atom. The molecule has 1 aliphatic carbocycles. The van der Waals surface area contributed by atoms with Crippen molar-refractivity contribution in [3.8, 4) is 0 Å². The predicted molar refractivity (Wildman–Crippen MR) is 56.5 cm³/mol. The van der Waals surface area contributed by atoms with E-state index in [4.69, 9.17) is 11.5 Å². The van der Waals surface area contributed by atoms with Crippen molar-refractivity contribution < 1.29 is 4.39 Å². The van der Waals surface area contributed by atoms with Crippen LogP contribution in [-0.2, 0) is 0 Å². The zero-order valence-corrected chi connectivity index (χ0v) is 9.01. The van der Waals surface area contributed by atoms with Crippen LogP contribution >= 0.6 is 22.6 Å². The third-order valence-corrected chi connectivity index (χ3v) is 2.90. The summed E-state index contributed by atoms with van der Waals surface area (Å²) in [6.07, 6.45) is 3.73. The van der Waals surface area contributed by atoms with Crippen molar-refractivity contribution in [1.29, 1.82) is 0 Å². The monoisotopic (exact) mass is 282 g/mol. The SMILES string of the molecule is CCC1(N)C(F)=CC(I)=CC1N. The second kappa shape index (κ2) is 3.43. The summed E-state index contributed by atoms with van der Waals surface area (Å²) in [6.45, 7) is 1.83. The van der Waals surface area contributed by atoms with E-state index in [1.807, 2.05) is 29.5 Å². The molecule has 0 aromatic carbocycles. The lowest BCUT2D eigenvalue weighted by atomic mass is 9.84. The Morgan fingerprint density at radius 1 is 1.75 bits per heavy atom. The molecule has 2 unspecified atom stereocenters. The van der Waals surface area contributed by atoms with Crippen LogP contribution in [0.5, 0.6) is 0 Å². The molecule has 12 heavy (non-hydrogen) atoms. The fourth-order valence-corrected chi connectivity index (χ4v) is 1.85. The third-order valence-electron chi connectivity index (χ3n) is 2.23. The Morgan fingerprint density at radius 2 is 2.33 bits per heavy atom. The van der Waals surface area contributed by atoms with Crippen LogP contribution in [0.1, 0.15) is 13.3 Å². The summed E-state index contributed by atoms with van der Waals surface area (Å²) in [6, 6.07) is -0.417. The summed E-state index contributed by atoms with van der Waals surface area (Å²) in [5.74, 6) is -0.315. The molecule has 0 aromatic heterocycles. The van der Waals surface area contributed by atoms with Gasteiger partial charge in [-0.2, -0.15) is 0 Å². The van der Waals surface area contributed by atoms with Gasteiger partial charge in [-0.3, -0.25) is 0 Å². The van der Waals surface area contributed by atoms with E-state index in [0.29, 0.717) is 6.42 Å². The molecular weight excluding hydrogens is 270 g/mol. The summed E-state index contributed by atoms with van der Waals surface area (Å²) in [7, 11) is 0. The standard InChI is InChI=1S/C8H12FIN2/c1-2-8(12)6(9)3-5(10)4-7(8)11/h3-4,7H,2,11-12H2,1H3. The Bertz CT molecular complexity index is 249. The van der Waals surface area contributed by atoms with E-state index in [1.54, 1.807) is 6.08 Å². The Kier molecular flexibility index (Phi) is 2.90. The average molecular weight is 282 g/mol. The van der Waals surface area contributed by atoms with Gasteiger partial charge in [-0.05, 0) is 35.1 Å². The highest BCUT2D eigenvalue weighted by Gasteiger charge is 2.36. The van der Waals surface area contributed by atoms with Gasteiger partial charge in [-0.1, -0.05) is 13.0 Å². The maximum atomic E-state index is 13.3.